The van der Waals surface area contributed by atoms with Crippen LogP contribution in [0, 0.1) is 0 Å². The predicted octanol–water partition coefficient (Wildman–Crippen LogP) is 16.2. The number of allylic oxidation sites excluding steroid dienone is 19. The maximum Gasteiger partial charge on any atom is 0.306 e. The van der Waals surface area contributed by atoms with Crippen molar-refractivity contribution in [2.45, 2.75) is 301 Å². The highest BCUT2D eigenvalue weighted by atomic mass is 16.7. The Morgan fingerprint density at radius 1 is 0.500 bits per heavy atom. The van der Waals surface area contributed by atoms with Gasteiger partial charge < -0.3 is 45.1 Å². The van der Waals surface area contributed by atoms with Gasteiger partial charge in [0.2, 0.25) is 5.91 Å². The molecule has 82 heavy (non-hydrogen) atoms. The Hall–Kier alpha value is -3.94. The minimum absolute atomic E-state index is 0.107. The minimum Gasteiger partial charge on any atom is -0.454 e. The van der Waals surface area contributed by atoms with Gasteiger partial charge in [0.05, 0.1) is 25.4 Å². The van der Waals surface area contributed by atoms with Gasteiger partial charge in [0.1, 0.15) is 24.4 Å². The van der Waals surface area contributed by atoms with E-state index in [1.165, 1.54) is 109 Å². The van der Waals surface area contributed by atoms with E-state index in [0.29, 0.717) is 12.8 Å². The summed E-state index contributed by atoms with van der Waals surface area (Å²) in [6, 6.07) is -1.05. The molecule has 8 atom stereocenters. The highest BCUT2D eigenvalue weighted by molar-refractivity contribution is 5.80. The lowest BCUT2D eigenvalue weighted by atomic mass is 9.99. The first kappa shape index (κ1) is 76.1. The zero-order valence-corrected chi connectivity index (χ0v) is 51.8. The second-order valence-electron chi connectivity index (χ2n) is 22.2. The molecule has 0 aromatic carbocycles. The van der Waals surface area contributed by atoms with Gasteiger partial charge in [-0.2, -0.15) is 0 Å². The van der Waals surface area contributed by atoms with E-state index in [9.17, 15) is 35.1 Å². The van der Waals surface area contributed by atoms with E-state index in [-0.39, 0.29) is 19.4 Å². The molecule has 468 valence electrons. The van der Waals surface area contributed by atoms with E-state index < -0.39 is 67.4 Å². The van der Waals surface area contributed by atoms with E-state index in [1.54, 1.807) is 6.08 Å². The lowest BCUT2D eigenvalue weighted by Gasteiger charge is -2.41. The average molecular weight is 1150 g/mol. The van der Waals surface area contributed by atoms with Gasteiger partial charge in [-0.15, -0.1) is 0 Å². The summed E-state index contributed by atoms with van der Waals surface area (Å²) in [5.41, 5.74) is 0. The van der Waals surface area contributed by atoms with Gasteiger partial charge in [0.25, 0.3) is 0 Å². The monoisotopic (exact) mass is 1150 g/mol. The zero-order valence-electron chi connectivity index (χ0n) is 51.8. The molecule has 1 aliphatic heterocycles. The number of amides is 1. The fourth-order valence-corrected chi connectivity index (χ4v) is 9.54. The van der Waals surface area contributed by atoms with Crippen molar-refractivity contribution in [2.75, 3.05) is 13.2 Å². The molecular weight excluding hydrogens is 1030 g/mol. The number of aliphatic hydroxyl groups excluding tert-OH is 5. The van der Waals surface area contributed by atoms with Gasteiger partial charge in [0.15, 0.2) is 12.4 Å². The summed E-state index contributed by atoms with van der Waals surface area (Å²) in [4.78, 5) is 26.6. The van der Waals surface area contributed by atoms with Crippen LogP contribution in [0.1, 0.15) is 252 Å². The third-order valence-electron chi connectivity index (χ3n) is 14.7. The number of aliphatic hydroxyl groups is 5. The number of hydrogen-bond acceptors (Lipinski definition) is 10. The van der Waals surface area contributed by atoms with Crippen LogP contribution in [-0.2, 0) is 23.8 Å². The second-order valence-corrected chi connectivity index (χ2v) is 22.2. The van der Waals surface area contributed by atoms with Crippen LogP contribution in [0.4, 0.5) is 0 Å². The van der Waals surface area contributed by atoms with E-state index in [2.05, 4.69) is 80.8 Å². The number of nitrogens with one attached hydrogen (secondary N) is 1. The van der Waals surface area contributed by atoms with Gasteiger partial charge in [0, 0.05) is 6.42 Å². The Morgan fingerprint density at radius 3 is 1.45 bits per heavy atom. The molecule has 1 fully saturated rings. The molecule has 11 nitrogen and oxygen atoms in total. The average Bonchev–Trinajstić information content (AvgIpc) is 3.68. The van der Waals surface area contributed by atoms with Crippen molar-refractivity contribution in [3.63, 3.8) is 0 Å². The molecule has 0 spiro atoms. The lowest BCUT2D eigenvalue weighted by molar-refractivity contribution is -0.305. The van der Waals surface area contributed by atoms with Crippen LogP contribution in [0.2, 0.25) is 0 Å². The molecule has 8 unspecified atom stereocenters. The Labute approximate surface area is 500 Å². The summed E-state index contributed by atoms with van der Waals surface area (Å²) in [7, 11) is 0. The second kappa shape index (κ2) is 57.5. The highest BCUT2D eigenvalue weighted by Gasteiger charge is 2.47. The standard InChI is InChI=1S/C71H119NO10/c1-4-7-10-13-16-19-22-25-27-28-29-30-31-32-33-34-35-36-37-38-39-41-44-47-50-53-56-59-66(76)82-69-68(78)67(77)65(60-73)81-71(69)80-61-62(63(74)57-54-51-48-45-42-24-21-18-15-12-9-6-3)72-70(79)64(75)58-55-52-49-46-43-40-26-23-20-17-14-11-8-5-2/h8,11,14,16-17,19-20,23,25-27,29-30,32-33,40,43,46,54,57,62-65,67-69,71,73-75,77-78H,4-7,9-10,12-13,15,18,21-22,24,28,31,34-39,41-42,44-45,47-53,55-56,58-61H2,1-3H3,(H,72,79)/b11-8+,17-14+,19-16-,23-20-,27-25-,30-29-,33-32-,40-26-,46-43+,57-54+. The first-order valence-electron chi connectivity index (χ1n) is 32.9. The Balaban J connectivity index is 2.60. The molecule has 0 aliphatic carbocycles. The van der Waals surface area contributed by atoms with Crippen LogP contribution in [0.25, 0.3) is 0 Å². The van der Waals surface area contributed by atoms with Crippen LogP contribution in [0.5, 0.6) is 0 Å². The number of ether oxygens (including phenoxy) is 3. The van der Waals surface area contributed by atoms with Gasteiger partial charge in [-0.05, 0) is 89.9 Å². The maximum absolute atomic E-state index is 13.4. The minimum atomic E-state index is -1.63. The van der Waals surface area contributed by atoms with Crippen molar-refractivity contribution >= 4 is 11.9 Å². The lowest BCUT2D eigenvalue weighted by Crippen LogP contribution is -2.61. The Morgan fingerprint density at radius 2 is 0.927 bits per heavy atom. The van der Waals surface area contributed by atoms with Crippen molar-refractivity contribution in [1.82, 2.24) is 5.32 Å². The molecule has 0 aromatic rings. The van der Waals surface area contributed by atoms with Crippen LogP contribution in [0.15, 0.2) is 122 Å². The van der Waals surface area contributed by atoms with Crippen molar-refractivity contribution in [3.8, 4) is 0 Å². The van der Waals surface area contributed by atoms with Crippen LogP contribution in [-0.4, -0.2) is 99.6 Å². The zero-order chi connectivity index (χ0) is 59.6. The number of carbonyl (C=O) groups is 2. The normalized spacial score (nSPS) is 19.4. The summed E-state index contributed by atoms with van der Waals surface area (Å²) in [5, 5.41) is 57.0. The third kappa shape index (κ3) is 44.6. The van der Waals surface area contributed by atoms with Crippen LogP contribution < -0.4 is 5.32 Å². The topological polar surface area (TPSA) is 175 Å². The van der Waals surface area contributed by atoms with E-state index >= 15 is 0 Å². The molecular formula is C71H119NO10. The molecule has 6 N–H and O–H groups in total. The molecule has 0 aromatic heterocycles. The molecule has 1 heterocycles. The molecule has 0 saturated carbocycles. The number of esters is 1. The third-order valence-corrected chi connectivity index (χ3v) is 14.7. The number of unbranched alkanes of at least 4 members (excludes halogenated alkanes) is 26. The van der Waals surface area contributed by atoms with Crippen molar-refractivity contribution < 1.29 is 49.3 Å². The van der Waals surface area contributed by atoms with Crippen LogP contribution in [0.3, 0.4) is 0 Å². The van der Waals surface area contributed by atoms with Gasteiger partial charge in [-0.25, -0.2) is 0 Å². The number of carbonyl (C=O) groups excluding carboxylic acids is 2. The smallest absolute Gasteiger partial charge is 0.306 e. The fraction of sp³-hybridized carbons (Fsp3) is 0.690. The maximum atomic E-state index is 13.4. The Kier molecular flexibility index (Phi) is 53.3. The summed E-state index contributed by atoms with van der Waals surface area (Å²) >= 11 is 0. The largest absolute Gasteiger partial charge is 0.454 e. The summed E-state index contributed by atoms with van der Waals surface area (Å²) in [5.74, 6) is -1.25. The number of hydrogen-bond donors (Lipinski definition) is 6. The summed E-state index contributed by atoms with van der Waals surface area (Å²) < 4.78 is 17.6. The summed E-state index contributed by atoms with van der Waals surface area (Å²) in [6.45, 7) is 5.58. The first-order valence-corrected chi connectivity index (χ1v) is 32.9. The van der Waals surface area contributed by atoms with Gasteiger partial charge in [-0.3, -0.25) is 9.59 Å². The van der Waals surface area contributed by atoms with Crippen molar-refractivity contribution in [2.24, 2.45) is 0 Å². The molecule has 11 heteroatoms. The Bertz CT molecular complexity index is 1800. The first-order chi connectivity index (χ1) is 40.2. The fourth-order valence-electron chi connectivity index (χ4n) is 9.54. The number of rotatable bonds is 54. The van der Waals surface area contributed by atoms with Crippen molar-refractivity contribution in [3.05, 3.63) is 122 Å². The van der Waals surface area contributed by atoms with E-state index in [4.69, 9.17) is 14.2 Å². The molecule has 0 bridgehead atoms. The highest BCUT2D eigenvalue weighted by Crippen LogP contribution is 2.26. The van der Waals surface area contributed by atoms with E-state index in [0.717, 1.165) is 96.3 Å². The molecule has 1 rings (SSSR count). The summed E-state index contributed by atoms with van der Waals surface area (Å²) in [6.07, 6.45) is 69.6. The SMILES string of the molecule is CC/C=C/C=C/C=C\C=C/C=C/CCCCC(O)C(=O)NC(COC1OC(CO)C(O)C(O)C1OC(=O)CCCCCCCCCCCCC/C=C\C/C=C\C/C=C\C/C=C\CCCCC)C(O)/C=C/CCCCCCCCCCCC. The van der Waals surface area contributed by atoms with Crippen molar-refractivity contribution in [1.29, 1.82) is 0 Å². The van der Waals surface area contributed by atoms with E-state index in [1.807, 2.05) is 60.8 Å². The molecule has 1 amide bonds. The molecule has 0 radical (unpaired) electrons. The van der Waals surface area contributed by atoms with Gasteiger partial charge >= 0.3 is 5.97 Å². The predicted molar refractivity (Wildman–Crippen MR) is 342 cm³/mol. The molecule has 1 saturated heterocycles. The molecule has 1 aliphatic rings. The van der Waals surface area contributed by atoms with Gasteiger partial charge in [-0.1, -0.05) is 277 Å². The van der Waals surface area contributed by atoms with Crippen LogP contribution >= 0.6 is 0 Å². The quantitative estimate of drug-likeness (QED) is 0.0149.